The quantitative estimate of drug-likeness (QED) is 0.581. The molecule has 0 radical (unpaired) electrons. The predicted molar refractivity (Wildman–Crippen MR) is 116 cm³/mol. The van der Waals surface area contributed by atoms with E-state index in [4.69, 9.17) is 9.47 Å². The summed E-state index contributed by atoms with van der Waals surface area (Å²) in [5.74, 6) is 0.396. The fourth-order valence-corrected chi connectivity index (χ4v) is 3.06. The highest BCUT2D eigenvalue weighted by Gasteiger charge is 2.35. The Morgan fingerprint density at radius 3 is 2.14 bits per heavy atom. The van der Waals surface area contributed by atoms with E-state index in [2.05, 4.69) is 0 Å². The van der Waals surface area contributed by atoms with Crippen LogP contribution < -0.4 is 4.74 Å². The van der Waals surface area contributed by atoms with Gasteiger partial charge in [-0.2, -0.15) is 0 Å². The molecule has 2 aromatic carbocycles. The molecule has 0 saturated heterocycles. The molecule has 0 aliphatic carbocycles. The van der Waals surface area contributed by atoms with E-state index in [-0.39, 0.29) is 18.3 Å². The standard InChI is InChI=1S/C25H34O4/c1-19(2)25(27,17-23(26)29-24(3,4)5)16-15-20-11-13-22(14-12-20)28-18-21-9-7-6-8-10-21/h6-14,19,27H,15-18H2,1-5H3. The van der Waals surface area contributed by atoms with Crippen LogP contribution in [-0.4, -0.2) is 22.3 Å². The van der Waals surface area contributed by atoms with Gasteiger partial charge in [0.05, 0.1) is 12.0 Å². The van der Waals surface area contributed by atoms with E-state index in [1.807, 2.05) is 89.2 Å². The average Bonchev–Trinajstić information content (AvgIpc) is 2.64. The number of aryl methyl sites for hydroxylation is 1. The van der Waals surface area contributed by atoms with E-state index >= 15 is 0 Å². The first kappa shape index (κ1) is 23.0. The predicted octanol–water partition coefficient (Wildman–Crippen LogP) is 5.32. The van der Waals surface area contributed by atoms with Gasteiger partial charge in [0.2, 0.25) is 0 Å². The zero-order valence-electron chi connectivity index (χ0n) is 18.3. The van der Waals surface area contributed by atoms with Crippen molar-refractivity contribution >= 4 is 5.97 Å². The van der Waals surface area contributed by atoms with Gasteiger partial charge in [-0.1, -0.05) is 56.3 Å². The van der Waals surface area contributed by atoms with Crippen molar-refractivity contribution in [2.75, 3.05) is 0 Å². The minimum Gasteiger partial charge on any atom is -0.489 e. The highest BCUT2D eigenvalue weighted by molar-refractivity contribution is 5.71. The summed E-state index contributed by atoms with van der Waals surface area (Å²) in [6.45, 7) is 9.90. The second-order valence-corrected chi connectivity index (χ2v) is 8.94. The molecule has 1 unspecified atom stereocenters. The molecule has 4 heteroatoms. The molecule has 1 N–H and O–H groups in total. The molecule has 0 amide bonds. The molecular formula is C25H34O4. The second-order valence-electron chi connectivity index (χ2n) is 8.94. The molecule has 2 rings (SSSR count). The summed E-state index contributed by atoms with van der Waals surface area (Å²) in [4.78, 5) is 12.2. The highest BCUT2D eigenvalue weighted by atomic mass is 16.6. The normalized spacial score (nSPS) is 13.8. The van der Waals surface area contributed by atoms with Crippen LogP contribution >= 0.6 is 0 Å². The average molecular weight is 399 g/mol. The first-order chi connectivity index (χ1) is 13.6. The highest BCUT2D eigenvalue weighted by Crippen LogP contribution is 2.29. The second kappa shape index (κ2) is 9.93. The fraction of sp³-hybridized carbons (Fsp3) is 0.480. The maximum absolute atomic E-state index is 12.2. The maximum atomic E-state index is 12.2. The Balaban J connectivity index is 1.91. The Morgan fingerprint density at radius 1 is 0.966 bits per heavy atom. The molecule has 158 valence electrons. The third-order valence-corrected chi connectivity index (χ3v) is 4.96. The lowest BCUT2D eigenvalue weighted by atomic mass is 9.82. The lowest BCUT2D eigenvalue weighted by molar-refractivity contribution is -0.162. The smallest absolute Gasteiger partial charge is 0.309 e. The zero-order chi connectivity index (χ0) is 21.5. The van der Waals surface area contributed by atoms with Crippen molar-refractivity contribution < 1.29 is 19.4 Å². The van der Waals surface area contributed by atoms with Gasteiger partial charge < -0.3 is 14.6 Å². The molecule has 1 atom stereocenters. The minimum atomic E-state index is -1.09. The molecule has 0 fully saturated rings. The van der Waals surface area contributed by atoms with Crippen LogP contribution in [0.1, 0.15) is 58.6 Å². The number of hydrogen-bond acceptors (Lipinski definition) is 4. The van der Waals surface area contributed by atoms with E-state index in [9.17, 15) is 9.90 Å². The Hall–Kier alpha value is -2.33. The summed E-state index contributed by atoms with van der Waals surface area (Å²) >= 11 is 0. The minimum absolute atomic E-state index is 0.000205. The number of rotatable bonds is 9. The number of aliphatic hydroxyl groups is 1. The molecule has 0 heterocycles. The van der Waals surface area contributed by atoms with Crippen molar-refractivity contribution in [3.8, 4) is 5.75 Å². The monoisotopic (exact) mass is 398 g/mol. The summed E-state index contributed by atoms with van der Waals surface area (Å²) in [6.07, 6.45) is 1.17. The SMILES string of the molecule is CC(C)C(O)(CCc1ccc(OCc2ccccc2)cc1)CC(=O)OC(C)(C)C. The zero-order valence-corrected chi connectivity index (χ0v) is 18.3. The Bertz CT molecular complexity index is 760. The van der Waals surface area contributed by atoms with Gasteiger partial charge in [0.25, 0.3) is 0 Å². The summed E-state index contributed by atoms with van der Waals surface area (Å²) < 4.78 is 11.2. The van der Waals surface area contributed by atoms with Crippen molar-refractivity contribution in [3.05, 3.63) is 65.7 Å². The molecule has 0 aliphatic heterocycles. The summed E-state index contributed by atoms with van der Waals surface area (Å²) in [7, 11) is 0. The van der Waals surface area contributed by atoms with Crippen LogP contribution in [0.15, 0.2) is 54.6 Å². The number of hydrogen-bond donors (Lipinski definition) is 1. The van der Waals surface area contributed by atoms with E-state index in [0.29, 0.717) is 19.4 Å². The van der Waals surface area contributed by atoms with Crippen molar-refractivity contribution in [1.29, 1.82) is 0 Å². The number of carbonyl (C=O) groups is 1. The van der Waals surface area contributed by atoms with Crippen molar-refractivity contribution in [2.24, 2.45) is 5.92 Å². The summed E-state index contributed by atoms with van der Waals surface area (Å²) in [5, 5.41) is 11.1. The Labute approximate surface area is 174 Å². The fourth-order valence-electron chi connectivity index (χ4n) is 3.06. The molecule has 4 nitrogen and oxygen atoms in total. The maximum Gasteiger partial charge on any atom is 0.309 e. The largest absolute Gasteiger partial charge is 0.489 e. The summed E-state index contributed by atoms with van der Waals surface area (Å²) in [5.41, 5.74) is 0.580. The molecule has 0 saturated carbocycles. The molecule has 0 bridgehead atoms. The first-order valence-electron chi connectivity index (χ1n) is 10.3. The number of ether oxygens (including phenoxy) is 2. The molecule has 29 heavy (non-hydrogen) atoms. The molecule has 0 aliphatic rings. The number of benzene rings is 2. The van der Waals surface area contributed by atoms with Crippen LogP contribution in [0, 0.1) is 5.92 Å². The lowest BCUT2D eigenvalue weighted by Crippen LogP contribution is -2.40. The van der Waals surface area contributed by atoms with Gasteiger partial charge in [-0.3, -0.25) is 4.79 Å². The van der Waals surface area contributed by atoms with Crippen molar-refractivity contribution in [2.45, 2.75) is 71.7 Å². The van der Waals surface area contributed by atoms with E-state index in [1.54, 1.807) is 0 Å². The van der Waals surface area contributed by atoms with Gasteiger partial charge in [-0.05, 0) is 62.8 Å². The van der Waals surface area contributed by atoms with Gasteiger partial charge in [-0.15, -0.1) is 0 Å². The van der Waals surface area contributed by atoms with Gasteiger partial charge in [0.15, 0.2) is 0 Å². The van der Waals surface area contributed by atoms with Crippen molar-refractivity contribution in [3.63, 3.8) is 0 Å². The van der Waals surface area contributed by atoms with Gasteiger partial charge >= 0.3 is 5.97 Å². The third kappa shape index (κ3) is 7.90. The Morgan fingerprint density at radius 2 is 1.59 bits per heavy atom. The molecule has 0 aromatic heterocycles. The lowest BCUT2D eigenvalue weighted by Gasteiger charge is -2.32. The van der Waals surface area contributed by atoms with Crippen LogP contribution in [0.25, 0.3) is 0 Å². The van der Waals surface area contributed by atoms with Gasteiger partial charge in [-0.25, -0.2) is 0 Å². The first-order valence-corrected chi connectivity index (χ1v) is 10.3. The van der Waals surface area contributed by atoms with Crippen LogP contribution in [0.5, 0.6) is 5.75 Å². The van der Waals surface area contributed by atoms with E-state index in [1.165, 1.54) is 0 Å². The van der Waals surface area contributed by atoms with E-state index < -0.39 is 11.2 Å². The van der Waals surface area contributed by atoms with Gasteiger partial charge in [0.1, 0.15) is 18.0 Å². The van der Waals surface area contributed by atoms with E-state index in [0.717, 1.165) is 16.9 Å². The third-order valence-electron chi connectivity index (χ3n) is 4.96. The number of esters is 1. The van der Waals surface area contributed by atoms with Crippen LogP contribution in [0.2, 0.25) is 0 Å². The van der Waals surface area contributed by atoms with Gasteiger partial charge in [0, 0.05) is 0 Å². The number of carbonyl (C=O) groups excluding carboxylic acids is 1. The van der Waals surface area contributed by atoms with Crippen molar-refractivity contribution in [1.82, 2.24) is 0 Å². The molecule has 2 aromatic rings. The molecule has 0 spiro atoms. The summed E-state index contributed by atoms with van der Waals surface area (Å²) in [6, 6.07) is 17.9. The molecular weight excluding hydrogens is 364 g/mol. The van der Waals surface area contributed by atoms with Crippen LogP contribution in [-0.2, 0) is 22.6 Å². The Kier molecular flexibility index (Phi) is 7.86. The topological polar surface area (TPSA) is 55.8 Å². The van der Waals surface area contributed by atoms with Crippen LogP contribution in [0.4, 0.5) is 0 Å². The van der Waals surface area contributed by atoms with Crippen LogP contribution in [0.3, 0.4) is 0 Å².